The highest BCUT2D eigenvalue weighted by Crippen LogP contribution is 2.34. The second-order valence-electron chi connectivity index (χ2n) is 12.7. The third-order valence-corrected chi connectivity index (χ3v) is 9.48. The van der Waals surface area contributed by atoms with Crippen molar-refractivity contribution in [3.05, 3.63) is 147 Å². The van der Waals surface area contributed by atoms with Gasteiger partial charge >= 0.3 is 0 Å². The van der Waals surface area contributed by atoms with E-state index in [2.05, 4.69) is 34.1 Å². The third kappa shape index (κ3) is 11.0. The summed E-state index contributed by atoms with van der Waals surface area (Å²) in [5.74, 6) is 3.10. The standard InChI is InChI=1S/C43H43Cl2N3O5/c1-3-50-36-8-6-9-37(27-36)51-24-19-32-11-13-33(14-12-32)29-47-20-22-48(23-21-47)42(49)18-15-34-25-31(2)43(40(45)26-34)53-41-17-16-38(28-46-41)52-30-35-7-4-5-10-39(35)44/h4-18,25-28H,3,19-24,29-30H2,1-2H3/b18-15+. The number of ether oxygens (including phenoxy) is 4. The summed E-state index contributed by atoms with van der Waals surface area (Å²) >= 11 is 12.8. The number of aryl methyl sites for hydroxylation is 1. The van der Waals surface area contributed by atoms with Crippen LogP contribution in [0.4, 0.5) is 0 Å². The Balaban J connectivity index is 0.927. The largest absolute Gasteiger partial charge is 0.494 e. The molecule has 274 valence electrons. The van der Waals surface area contributed by atoms with Gasteiger partial charge in [0, 0.05) is 67.9 Å². The Morgan fingerprint density at radius 3 is 2.26 bits per heavy atom. The lowest BCUT2D eigenvalue weighted by Crippen LogP contribution is -2.47. The van der Waals surface area contributed by atoms with Gasteiger partial charge in [0.1, 0.15) is 23.9 Å². The Labute approximate surface area is 321 Å². The summed E-state index contributed by atoms with van der Waals surface area (Å²) in [4.78, 5) is 21.7. The van der Waals surface area contributed by atoms with Crippen LogP contribution in [0.1, 0.15) is 34.7 Å². The monoisotopic (exact) mass is 751 g/mol. The minimum Gasteiger partial charge on any atom is -0.494 e. The number of nitrogens with zero attached hydrogens (tertiary/aromatic N) is 3. The Bertz CT molecular complexity index is 1970. The second-order valence-corrected chi connectivity index (χ2v) is 13.5. The molecule has 2 heterocycles. The van der Waals surface area contributed by atoms with Gasteiger partial charge in [0.2, 0.25) is 11.8 Å². The Morgan fingerprint density at radius 1 is 0.792 bits per heavy atom. The second kappa shape index (κ2) is 18.6. The van der Waals surface area contributed by atoms with E-state index in [1.54, 1.807) is 36.5 Å². The average molecular weight is 753 g/mol. The molecule has 1 aliphatic rings. The molecule has 53 heavy (non-hydrogen) atoms. The molecule has 4 aromatic carbocycles. The summed E-state index contributed by atoms with van der Waals surface area (Å²) in [6, 6.07) is 31.2. The number of benzene rings is 4. The van der Waals surface area contributed by atoms with Crippen molar-refractivity contribution >= 4 is 35.2 Å². The van der Waals surface area contributed by atoms with Crippen LogP contribution in [-0.4, -0.2) is 60.1 Å². The number of aromatic nitrogens is 1. The van der Waals surface area contributed by atoms with Crippen molar-refractivity contribution in [3.63, 3.8) is 0 Å². The van der Waals surface area contributed by atoms with E-state index in [1.807, 2.05) is 73.3 Å². The lowest BCUT2D eigenvalue weighted by Gasteiger charge is -2.34. The molecular weight excluding hydrogens is 709 g/mol. The van der Waals surface area contributed by atoms with E-state index in [9.17, 15) is 4.79 Å². The summed E-state index contributed by atoms with van der Waals surface area (Å²) in [7, 11) is 0. The van der Waals surface area contributed by atoms with E-state index in [4.69, 9.17) is 42.1 Å². The van der Waals surface area contributed by atoms with Crippen molar-refractivity contribution in [2.24, 2.45) is 0 Å². The smallest absolute Gasteiger partial charge is 0.246 e. The van der Waals surface area contributed by atoms with Crippen LogP contribution >= 0.6 is 23.2 Å². The van der Waals surface area contributed by atoms with E-state index in [1.165, 1.54) is 11.1 Å². The van der Waals surface area contributed by atoms with Crippen LogP contribution in [0.25, 0.3) is 6.08 Å². The van der Waals surface area contributed by atoms with Crippen LogP contribution in [0.3, 0.4) is 0 Å². The summed E-state index contributed by atoms with van der Waals surface area (Å²) in [5.41, 5.74) is 5.02. The fraction of sp³-hybridized carbons (Fsp3) is 0.256. The molecule has 0 aliphatic carbocycles. The topological polar surface area (TPSA) is 73.4 Å². The number of piperazine rings is 1. The number of amides is 1. The first-order valence-corrected chi connectivity index (χ1v) is 18.5. The first-order valence-electron chi connectivity index (χ1n) is 17.8. The van der Waals surface area contributed by atoms with Crippen molar-refractivity contribution in [1.29, 1.82) is 0 Å². The molecule has 8 nitrogen and oxygen atoms in total. The summed E-state index contributed by atoms with van der Waals surface area (Å²) < 4.78 is 23.3. The molecule has 0 atom stereocenters. The minimum atomic E-state index is -0.0176. The van der Waals surface area contributed by atoms with Crippen LogP contribution in [0.15, 0.2) is 109 Å². The molecule has 1 amide bonds. The van der Waals surface area contributed by atoms with Gasteiger partial charge in [-0.3, -0.25) is 9.69 Å². The summed E-state index contributed by atoms with van der Waals surface area (Å²) in [5, 5.41) is 1.08. The lowest BCUT2D eigenvalue weighted by molar-refractivity contribution is -0.127. The van der Waals surface area contributed by atoms with Crippen molar-refractivity contribution in [1.82, 2.24) is 14.8 Å². The molecule has 0 saturated carbocycles. The maximum absolute atomic E-state index is 13.1. The van der Waals surface area contributed by atoms with E-state index in [0.29, 0.717) is 60.3 Å². The Hall–Kier alpha value is -5.02. The molecule has 0 spiro atoms. The van der Waals surface area contributed by atoms with E-state index in [-0.39, 0.29) is 5.91 Å². The molecule has 1 aromatic heterocycles. The minimum absolute atomic E-state index is 0.0176. The van der Waals surface area contributed by atoms with Gasteiger partial charge in [0.15, 0.2) is 5.75 Å². The van der Waals surface area contributed by atoms with Gasteiger partial charge < -0.3 is 23.8 Å². The SMILES string of the molecule is CCOc1cccc(OCCc2ccc(CN3CCN(C(=O)/C=C/c4cc(C)c(Oc5ccc(OCc6ccccc6Cl)cn5)c(Cl)c4)CC3)cc2)c1. The number of halogens is 2. The van der Waals surface area contributed by atoms with E-state index < -0.39 is 0 Å². The fourth-order valence-corrected chi connectivity index (χ4v) is 6.46. The highest BCUT2D eigenvalue weighted by Gasteiger charge is 2.20. The number of hydrogen-bond acceptors (Lipinski definition) is 7. The number of carbonyl (C=O) groups is 1. The molecule has 1 saturated heterocycles. The maximum Gasteiger partial charge on any atom is 0.246 e. The molecule has 1 fully saturated rings. The molecule has 0 N–H and O–H groups in total. The molecule has 0 radical (unpaired) electrons. The molecule has 0 unspecified atom stereocenters. The molecule has 10 heteroatoms. The van der Waals surface area contributed by atoms with Gasteiger partial charge in [-0.05, 0) is 78.6 Å². The molecule has 5 aromatic rings. The number of carbonyl (C=O) groups excluding carboxylic acids is 1. The first kappa shape index (κ1) is 37.7. The van der Waals surface area contributed by atoms with Gasteiger partial charge in [-0.2, -0.15) is 0 Å². The van der Waals surface area contributed by atoms with E-state index >= 15 is 0 Å². The predicted molar refractivity (Wildman–Crippen MR) is 210 cm³/mol. The highest BCUT2D eigenvalue weighted by molar-refractivity contribution is 6.32. The number of pyridine rings is 1. The van der Waals surface area contributed by atoms with Crippen LogP contribution in [-0.2, 0) is 24.4 Å². The molecule has 0 bridgehead atoms. The summed E-state index contributed by atoms with van der Waals surface area (Å²) in [6.45, 7) is 9.27. The maximum atomic E-state index is 13.1. The normalized spacial score (nSPS) is 13.2. The van der Waals surface area contributed by atoms with Gasteiger partial charge in [-0.25, -0.2) is 4.98 Å². The zero-order chi connectivity index (χ0) is 37.0. The van der Waals surface area contributed by atoms with E-state index in [0.717, 1.165) is 54.2 Å². The molecule has 1 aliphatic heterocycles. The van der Waals surface area contributed by atoms with Gasteiger partial charge in [-0.1, -0.05) is 71.7 Å². The number of rotatable bonds is 15. The summed E-state index contributed by atoms with van der Waals surface area (Å²) in [6.07, 6.45) is 5.83. The van der Waals surface area contributed by atoms with Crippen LogP contribution in [0.5, 0.6) is 28.9 Å². The Kier molecular flexibility index (Phi) is 13.3. The van der Waals surface area contributed by atoms with Crippen LogP contribution in [0, 0.1) is 6.92 Å². The number of hydrogen-bond donors (Lipinski definition) is 0. The zero-order valence-electron chi connectivity index (χ0n) is 30.0. The fourth-order valence-electron chi connectivity index (χ4n) is 5.95. The molecule has 6 rings (SSSR count). The zero-order valence-corrected chi connectivity index (χ0v) is 31.5. The molecular formula is C43H43Cl2N3O5. The van der Waals surface area contributed by atoms with Crippen LogP contribution in [0.2, 0.25) is 10.0 Å². The van der Waals surface area contributed by atoms with Crippen molar-refractivity contribution in [3.8, 4) is 28.9 Å². The predicted octanol–water partition coefficient (Wildman–Crippen LogP) is 9.45. The van der Waals surface area contributed by atoms with Crippen LogP contribution < -0.4 is 18.9 Å². The van der Waals surface area contributed by atoms with Gasteiger partial charge in [0.05, 0.1) is 24.4 Å². The third-order valence-electron chi connectivity index (χ3n) is 8.83. The van der Waals surface area contributed by atoms with Crippen molar-refractivity contribution < 1.29 is 23.7 Å². The van der Waals surface area contributed by atoms with Gasteiger partial charge in [-0.15, -0.1) is 0 Å². The quantitative estimate of drug-likeness (QED) is 0.0988. The Morgan fingerprint density at radius 2 is 1.55 bits per heavy atom. The van der Waals surface area contributed by atoms with Crippen molar-refractivity contribution in [2.75, 3.05) is 39.4 Å². The lowest BCUT2D eigenvalue weighted by atomic mass is 10.1. The van der Waals surface area contributed by atoms with Crippen molar-refractivity contribution in [2.45, 2.75) is 33.4 Å². The highest BCUT2D eigenvalue weighted by atomic mass is 35.5. The average Bonchev–Trinajstić information content (AvgIpc) is 3.17. The van der Waals surface area contributed by atoms with Gasteiger partial charge in [0.25, 0.3) is 0 Å². The first-order chi connectivity index (χ1) is 25.8.